The maximum absolute atomic E-state index is 13.9. The second-order valence-electron chi connectivity index (χ2n) is 6.44. The van der Waals surface area contributed by atoms with Gasteiger partial charge in [-0.05, 0) is 43.9 Å². The molecular weight excluding hydrogens is 344 g/mol. The highest BCUT2D eigenvalue weighted by Crippen LogP contribution is 2.34. The van der Waals surface area contributed by atoms with Crippen molar-refractivity contribution in [1.82, 2.24) is 9.97 Å². The van der Waals surface area contributed by atoms with Crippen LogP contribution >= 0.6 is 11.3 Å². The maximum Gasteiger partial charge on any atom is 0.260 e. The summed E-state index contributed by atoms with van der Waals surface area (Å²) in [5.41, 5.74) is 1.50. The molecule has 0 aliphatic heterocycles. The highest BCUT2D eigenvalue weighted by Gasteiger charge is 2.22. The van der Waals surface area contributed by atoms with Crippen molar-refractivity contribution in [1.29, 1.82) is 0 Å². The number of aromatic nitrogens is 2. The predicted molar refractivity (Wildman–Crippen MR) is 92.7 cm³/mol. The Kier molecular flexibility index (Phi) is 4.13. The molecule has 0 saturated carbocycles. The summed E-state index contributed by atoms with van der Waals surface area (Å²) in [7, 11) is 0. The Balaban J connectivity index is 1.56. The number of aryl methyl sites for hydroxylation is 2. The Morgan fingerprint density at radius 2 is 2.20 bits per heavy atom. The van der Waals surface area contributed by atoms with Crippen LogP contribution in [0.4, 0.5) is 8.78 Å². The molecule has 3 aromatic rings. The Bertz CT molecular complexity index is 1010. The Morgan fingerprint density at radius 3 is 3.00 bits per heavy atom. The third-order valence-electron chi connectivity index (χ3n) is 4.74. The lowest BCUT2D eigenvalue weighted by Gasteiger charge is -2.11. The number of rotatable bonds is 4. The van der Waals surface area contributed by atoms with Gasteiger partial charge in [0.2, 0.25) is 0 Å². The zero-order valence-electron chi connectivity index (χ0n) is 13.7. The van der Waals surface area contributed by atoms with Gasteiger partial charge >= 0.3 is 0 Å². The van der Waals surface area contributed by atoms with Crippen molar-refractivity contribution in [2.45, 2.75) is 38.8 Å². The summed E-state index contributed by atoms with van der Waals surface area (Å²) in [6, 6.07) is 3.38. The van der Waals surface area contributed by atoms with Crippen LogP contribution < -0.4 is 10.9 Å². The van der Waals surface area contributed by atoms with Gasteiger partial charge in [0.1, 0.15) is 29.1 Å². The first-order valence-electron chi connectivity index (χ1n) is 8.34. The van der Waals surface area contributed by atoms with E-state index in [1.165, 1.54) is 17.0 Å². The summed E-state index contributed by atoms with van der Waals surface area (Å²) < 4.78 is 26.9. The van der Waals surface area contributed by atoms with Crippen molar-refractivity contribution in [2.24, 2.45) is 0 Å². The van der Waals surface area contributed by atoms with Gasteiger partial charge in [0.15, 0.2) is 5.82 Å². The number of hydrogen-bond acceptors (Lipinski definition) is 3. The fraction of sp³-hybridized carbons (Fsp3) is 0.333. The van der Waals surface area contributed by atoms with Gasteiger partial charge in [-0.2, -0.15) is 0 Å². The third-order valence-corrected chi connectivity index (χ3v) is 5.93. The van der Waals surface area contributed by atoms with Crippen molar-refractivity contribution in [3.05, 3.63) is 62.0 Å². The number of nitrogens with one attached hydrogen (secondary N) is 1. The van der Waals surface area contributed by atoms with Gasteiger partial charge in [-0.3, -0.25) is 4.79 Å². The molecule has 0 spiro atoms. The van der Waals surface area contributed by atoms with Crippen molar-refractivity contribution >= 4 is 21.6 Å². The Hall–Kier alpha value is -2.12. The molecule has 0 bridgehead atoms. The third kappa shape index (κ3) is 2.98. The molecule has 1 aliphatic carbocycles. The predicted octanol–water partition coefficient (Wildman–Crippen LogP) is 2.58. The quantitative estimate of drug-likeness (QED) is 0.749. The standard InChI is InChI=1S/C18H17F2N3OS/c1-9(11-6-5-10(19)7-13(11)20)21-8-15-22-17(24)16-12-3-2-4-14(12)25-18(16)23-15/h5-7,9,21H,2-4,8H2,1H3,(H,22,23,24)/p+1/t9-/m0/s1. The van der Waals surface area contributed by atoms with Crippen LogP contribution in [0.15, 0.2) is 23.0 Å². The fourth-order valence-electron chi connectivity index (χ4n) is 3.43. The number of nitrogens with zero attached hydrogens (tertiary/aromatic N) is 1. The van der Waals surface area contributed by atoms with E-state index in [2.05, 4.69) is 9.97 Å². The minimum Gasteiger partial charge on any atom is -0.334 e. The molecule has 0 fully saturated rings. The number of hydrogen-bond donors (Lipinski definition) is 2. The van der Waals surface area contributed by atoms with Crippen LogP contribution in [-0.4, -0.2) is 9.97 Å². The van der Waals surface area contributed by atoms with Gasteiger partial charge < -0.3 is 10.3 Å². The van der Waals surface area contributed by atoms with Gasteiger partial charge in [0.25, 0.3) is 5.56 Å². The topological polar surface area (TPSA) is 62.4 Å². The minimum atomic E-state index is -0.587. The lowest BCUT2D eigenvalue weighted by Crippen LogP contribution is -2.83. The minimum absolute atomic E-state index is 0.0894. The lowest BCUT2D eigenvalue weighted by molar-refractivity contribution is -0.709. The van der Waals surface area contributed by atoms with Crippen molar-refractivity contribution in [3.63, 3.8) is 0 Å². The number of benzene rings is 1. The van der Waals surface area contributed by atoms with Crippen LogP contribution in [0.5, 0.6) is 0 Å². The highest BCUT2D eigenvalue weighted by molar-refractivity contribution is 7.18. The molecular formula is C18H18F2N3OS+. The van der Waals surface area contributed by atoms with E-state index in [1.807, 2.05) is 12.2 Å². The van der Waals surface area contributed by atoms with E-state index in [0.717, 1.165) is 41.1 Å². The van der Waals surface area contributed by atoms with E-state index < -0.39 is 11.6 Å². The number of H-pyrrole nitrogens is 1. The first-order valence-corrected chi connectivity index (χ1v) is 9.16. The van der Waals surface area contributed by atoms with Crippen LogP contribution in [0.3, 0.4) is 0 Å². The molecule has 0 saturated heterocycles. The van der Waals surface area contributed by atoms with Gasteiger partial charge in [-0.15, -0.1) is 11.3 Å². The summed E-state index contributed by atoms with van der Waals surface area (Å²) in [4.78, 5) is 21.9. The molecule has 130 valence electrons. The Morgan fingerprint density at radius 1 is 1.36 bits per heavy atom. The highest BCUT2D eigenvalue weighted by atomic mass is 32.1. The normalized spacial score (nSPS) is 14.8. The largest absolute Gasteiger partial charge is 0.334 e. The smallest absolute Gasteiger partial charge is 0.260 e. The molecule has 3 N–H and O–H groups in total. The van der Waals surface area contributed by atoms with E-state index >= 15 is 0 Å². The van der Waals surface area contributed by atoms with E-state index in [4.69, 9.17) is 0 Å². The van der Waals surface area contributed by atoms with Gasteiger partial charge in [0.05, 0.1) is 5.39 Å². The van der Waals surface area contributed by atoms with Crippen LogP contribution in [0.1, 0.15) is 41.2 Å². The average Bonchev–Trinajstić information content (AvgIpc) is 3.13. The van der Waals surface area contributed by atoms with E-state index in [0.29, 0.717) is 17.9 Å². The van der Waals surface area contributed by atoms with E-state index in [-0.39, 0.29) is 11.6 Å². The zero-order chi connectivity index (χ0) is 17.6. The summed E-state index contributed by atoms with van der Waals surface area (Å²) in [5, 5.41) is 2.61. The molecule has 0 radical (unpaired) electrons. The summed E-state index contributed by atoms with van der Waals surface area (Å²) in [5.74, 6) is -0.572. The number of nitrogens with two attached hydrogens (primary N) is 1. The number of halogens is 2. The first kappa shape index (κ1) is 16.4. The SMILES string of the molecule is C[C@H]([NH2+]Cc1nc2sc3c(c2c(=O)[nH]1)CCC3)c1ccc(F)cc1F. The molecule has 1 aliphatic rings. The molecule has 25 heavy (non-hydrogen) atoms. The molecule has 0 amide bonds. The molecule has 2 heterocycles. The lowest BCUT2D eigenvalue weighted by atomic mass is 10.1. The molecule has 7 heteroatoms. The first-order chi connectivity index (χ1) is 12.0. The molecule has 0 unspecified atom stereocenters. The molecule has 1 aromatic carbocycles. The molecule has 4 nitrogen and oxygen atoms in total. The summed E-state index contributed by atoms with van der Waals surface area (Å²) >= 11 is 1.60. The average molecular weight is 362 g/mol. The van der Waals surface area contributed by atoms with Gasteiger partial charge in [-0.25, -0.2) is 13.8 Å². The van der Waals surface area contributed by atoms with Crippen LogP contribution in [-0.2, 0) is 19.4 Å². The van der Waals surface area contributed by atoms with E-state index in [1.54, 1.807) is 11.3 Å². The van der Waals surface area contributed by atoms with Crippen molar-refractivity contribution < 1.29 is 14.1 Å². The van der Waals surface area contributed by atoms with Crippen molar-refractivity contribution in [3.8, 4) is 0 Å². The van der Waals surface area contributed by atoms with Crippen LogP contribution in [0.25, 0.3) is 10.2 Å². The van der Waals surface area contributed by atoms with Crippen LogP contribution in [0, 0.1) is 11.6 Å². The second kappa shape index (κ2) is 6.31. The zero-order valence-corrected chi connectivity index (χ0v) is 14.6. The van der Waals surface area contributed by atoms with Gasteiger partial charge in [0, 0.05) is 16.5 Å². The summed E-state index contributed by atoms with van der Waals surface area (Å²) in [6.07, 6.45) is 3.08. The molecule has 4 rings (SSSR count). The van der Waals surface area contributed by atoms with E-state index in [9.17, 15) is 13.6 Å². The van der Waals surface area contributed by atoms with Crippen molar-refractivity contribution in [2.75, 3.05) is 0 Å². The molecule has 1 atom stereocenters. The Labute approximate surface area is 146 Å². The number of quaternary nitrogens is 1. The molecule has 2 aromatic heterocycles. The fourth-order valence-corrected chi connectivity index (χ4v) is 4.71. The monoisotopic (exact) mass is 362 g/mol. The summed E-state index contributed by atoms with van der Waals surface area (Å²) in [6.45, 7) is 2.26. The van der Waals surface area contributed by atoms with Gasteiger partial charge in [-0.1, -0.05) is 0 Å². The number of aromatic amines is 1. The maximum atomic E-state index is 13.9. The number of thiophene rings is 1. The van der Waals surface area contributed by atoms with Crippen LogP contribution in [0.2, 0.25) is 0 Å². The second-order valence-corrected chi connectivity index (χ2v) is 7.53. The number of fused-ring (bicyclic) bond motifs is 3.